The van der Waals surface area contributed by atoms with Gasteiger partial charge in [-0.2, -0.15) is 0 Å². The van der Waals surface area contributed by atoms with Crippen LogP contribution < -0.4 is 5.32 Å². The molecule has 1 aliphatic carbocycles. The van der Waals surface area contributed by atoms with Crippen LogP contribution in [-0.2, 0) is 20.8 Å². The number of hydrogen-bond donors (Lipinski definition) is 3. The standard InChI is InChI=1S/C29H28ClNO5/c1-17(31-27(32)24-16-25(28(33)34)26(24)29(35)36)23(15-18-7-13-22(30)14-8-18)21-11-9-20(10-12-21)19-5-3-2-4-6-19/h2-14,17,23-26H,15-16H2,1H3,(H,31,32)(H,33,34)(H,35,36)/t17-,23-,24?,25?,26?/m0/s1. The van der Waals surface area contributed by atoms with Gasteiger partial charge in [-0.05, 0) is 54.2 Å². The highest BCUT2D eigenvalue weighted by Gasteiger charge is 2.53. The van der Waals surface area contributed by atoms with Crippen LogP contribution in [0.3, 0.4) is 0 Å². The highest BCUT2D eigenvalue weighted by atomic mass is 35.5. The molecule has 3 aromatic carbocycles. The van der Waals surface area contributed by atoms with Gasteiger partial charge in [-0.15, -0.1) is 0 Å². The summed E-state index contributed by atoms with van der Waals surface area (Å²) in [4.78, 5) is 36.0. The van der Waals surface area contributed by atoms with E-state index in [4.69, 9.17) is 11.6 Å². The second kappa shape index (κ2) is 11.0. The largest absolute Gasteiger partial charge is 0.481 e. The molecule has 1 aliphatic rings. The highest BCUT2D eigenvalue weighted by Crippen LogP contribution is 2.41. The molecule has 5 atom stereocenters. The third-order valence-corrected chi connectivity index (χ3v) is 7.35. The van der Waals surface area contributed by atoms with Crippen LogP contribution in [0.1, 0.15) is 30.4 Å². The number of nitrogens with one attached hydrogen (secondary N) is 1. The van der Waals surface area contributed by atoms with Crippen LogP contribution >= 0.6 is 11.6 Å². The fourth-order valence-corrected chi connectivity index (χ4v) is 5.09. The molecule has 0 radical (unpaired) electrons. The van der Waals surface area contributed by atoms with Crippen LogP contribution in [-0.4, -0.2) is 34.1 Å². The summed E-state index contributed by atoms with van der Waals surface area (Å²) in [6, 6.07) is 25.5. The van der Waals surface area contributed by atoms with E-state index in [9.17, 15) is 24.6 Å². The van der Waals surface area contributed by atoms with Crippen LogP contribution in [0.5, 0.6) is 0 Å². The lowest BCUT2D eigenvalue weighted by Crippen LogP contribution is -2.54. The van der Waals surface area contributed by atoms with E-state index in [0.29, 0.717) is 11.4 Å². The minimum Gasteiger partial charge on any atom is -0.481 e. The lowest BCUT2D eigenvalue weighted by atomic mass is 9.64. The average Bonchev–Trinajstić information content (AvgIpc) is 2.83. The molecule has 1 saturated carbocycles. The Morgan fingerprint density at radius 2 is 1.47 bits per heavy atom. The van der Waals surface area contributed by atoms with Gasteiger partial charge < -0.3 is 15.5 Å². The van der Waals surface area contributed by atoms with Gasteiger partial charge in [0.25, 0.3) is 0 Å². The molecule has 7 heteroatoms. The minimum atomic E-state index is -1.25. The third-order valence-electron chi connectivity index (χ3n) is 7.10. The highest BCUT2D eigenvalue weighted by molar-refractivity contribution is 6.30. The number of rotatable bonds is 9. The first-order valence-electron chi connectivity index (χ1n) is 11.9. The number of aliphatic carboxylic acids is 2. The first-order chi connectivity index (χ1) is 17.2. The Balaban J connectivity index is 1.55. The monoisotopic (exact) mass is 505 g/mol. The average molecular weight is 506 g/mol. The van der Waals surface area contributed by atoms with E-state index in [1.165, 1.54) is 0 Å². The fourth-order valence-electron chi connectivity index (χ4n) is 4.96. The number of benzene rings is 3. The van der Waals surface area contributed by atoms with Crippen molar-refractivity contribution in [3.8, 4) is 11.1 Å². The van der Waals surface area contributed by atoms with Gasteiger partial charge in [0.05, 0.1) is 17.8 Å². The second-order valence-electron chi connectivity index (χ2n) is 9.37. The SMILES string of the molecule is C[C@H](NC(=O)C1CC(C(=O)O)C1C(=O)O)[C@H](Cc1ccc(Cl)cc1)c1ccc(-c2ccccc2)cc1. The summed E-state index contributed by atoms with van der Waals surface area (Å²) in [6.07, 6.45) is 0.659. The molecule has 0 spiro atoms. The van der Waals surface area contributed by atoms with Crippen molar-refractivity contribution in [1.29, 1.82) is 0 Å². The van der Waals surface area contributed by atoms with Gasteiger partial charge in [0.15, 0.2) is 0 Å². The van der Waals surface area contributed by atoms with Gasteiger partial charge in [-0.3, -0.25) is 14.4 Å². The maximum atomic E-state index is 13.0. The maximum Gasteiger partial charge on any atom is 0.308 e. The molecule has 0 heterocycles. The van der Waals surface area contributed by atoms with Crippen LogP contribution in [0.15, 0.2) is 78.9 Å². The Kier molecular flexibility index (Phi) is 7.75. The van der Waals surface area contributed by atoms with Crippen molar-refractivity contribution >= 4 is 29.4 Å². The number of halogens is 1. The van der Waals surface area contributed by atoms with Crippen molar-refractivity contribution in [2.45, 2.75) is 31.7 Å². The Hall–Kier alpha value is -3.64. The molecule has 3 aromatic rings. The molecule has 0 aliphatic heterocycles. The van der Waals surface area contributed by atoms with E-state index in [0.717, 1.165) is 22.3 Å². The van der Waals surface area contributed by atoms with Crippen molar-refractivity contribution in [2.24, 2.45) is 17.8 Å². The normalized spacial score (nSPS) is 20.6. The lowest BCUT2D eigenvalue weighted by Gasteiger charge is -2.39. The Bertz CT molecular complexity index is 1230. The summed E-state index contributed by atoms with van der Waals surface area (Å²) < 4.78 is 0. The van der Waals surface area contributed by atoms with Crippen LogP contribution in [0.25, 0.3) is 11.1 Å². The summed E-state index contributed by atoms with van der Waals surface area (Å²) in [5.41, 5.74) is 4.27. The zero-order chi connectivity index (χ0) is 25.8. The van der Waals surface area contributed by atoms with Crippen molar-refractivity contribution in [3.05, 3.63) is 95.0 Å². The van der Waals surface area contributed by atoms with Crippen molar-refractivity contribution in [3.63, 3.8) is 0 Å². The van der Waals surface area contributed by atoms with E-state index < -0.39 is 35.6 Å². The summed E-state index contributed by atoms with van der Waals surface area (Å²) in [5, 5.41) is 22.4. The van der Waals surface area contributed by atoms with E-state index in [-0.39, 0.29) is 18.4 Å². The van der Waals surface area contributed by atoms with E-state index in [1.807, 2.05) is 61.5 Å². The predicted octanol–water partition coefficient (Wildman–Crippen LogP) is 5.26. The number of carboxylic acids is 2. The Morgan fingerprint density at radius 3 is 2.06 bits per heavy atom. The summed E-state index contributed by atoms with van der Waals surface area (Å²) >= 11 is 6.06. The van der Waals surface area contributed by atoms with Gasteiger partial charge in [0.1, 0.15) is 0 Å². The van der Waals surface area contributed by atoms with Gasteiger partial charge in [-0.25, -0.2) is 0 Å². The van der Waals surface area contributed by atoms with E-state index in [2.05, 4.69) is 29.6 Å². The molecule has 3 unspecified atom stereocenters. The molecule has 0 bridgehead atoms. The molecular weight excluding hydrogens is 478 g/mol. The smallest absolute Gasteiger partial charge is 0.308 e. The quantitative estimate of drug-likeness (QED) is 0.368. The number of carboxylic acid groups (broad SMARTS) is 2. The first-order valence-corrected chi connectivity index (χ1v) is 12.3. The van der Waals surface area contributed by atoms with Crippen molar-refractivity contribution < 1.29 is 24.6 Å². The number of amides is 1. The molecule has 0 aromatic heterocycles. The van der Waals surface area contributed by atoms with Crippen LogP contribution in [0, 0.1) is 17.8 Å². The fraction of sp³-hybridized carbons (Fsp3) is 0.276. The summed E-state index contributed by atoms with van der Waals surface area (Å²) in [7, 11) is 0. The van der Waals surface area contributed by atoms with Crippen molar-refractivity contribution in [2.75, 3.05) is 0 Å². The molecule has 36 heavy (non-hydrogen) atoms. The zero-order valence-electron chi connectivity index (χ0n) is 19.8. The topological polar surface area (TPSA) is 104 Å². The molecular formula is C29H28ClNO5. The number of carbonyl (C=O) groups excluding carboxylic acids is 1. The molecule has 3 N–H and O–H groups in total. The summed E-state index contributed by atoms with van der Waals surface area (Å²) in [6.45, 7) is 1.90. The van der Waals surface area contributed by atoms with Gasteiger partial charge >= 0.3 is 11.9 Å². The van der Waals surface area contributed by atoms with Gasteiger partial charge in [0, 0.05) is 17.0 Å². The molecule has 1 fully saturated rings. The second-order valence-corrected chi connectivity index (χ2v) is 9.81. The van der Waals surface area contributed by atoms with Gasteiger partial charge in [0.2, 0.25) is 5.91 Å². The molecule has 4 rings (SSSR count). The third kappa shape index (κ3) is 5.60. The van der Waals surface area contributed by atoms with Crippen molar-refractivity contribution in [1.82, 2.24) is 5.32 Å². The zero-order valence-corrected chi connectivity index (χ0v) is 20.6. The Morgan fingerprint density at radius 1 is 0.861 bits per heavy atom. The van der Waals surface area contributed by atoms with Crippen LogP contribution in [0.4, 0.5) is 0 Å². The molecule has 6 nitrogen and oxygen atoms in total. The maximum absolute atomic E-state index is 13.0. The molecule has 0 saturated heterocycles. The summed E-state index contributed by atoms with van der Waals surface area (Å²) in [5.74, 6) is -6.07. The minimum absolute atomic E-state index is 0.0263. The predicted molar refractivity (Wildman–Crippen MR) is 138 cm³/mol. The van der Waals surface area contributed by atoms with E-state index in [1.54, 1.807) is 0 Å². The number of hydrogen-bond acceptors (Lipinski definition) is 3. The molecule has 1 amide bonds. The lowest BCUT2D eigenvalue weighted by molar-refractivity contribution is -0.169. The van der Waals surface area contributed by atoms with Crippen LogP contribution in [0.2, 0.25) is 5.02 Å². The Labute approximate surface area is 214 Å². The first kappa shape index (κ1) is 25.5. The molecule has 186 valence electrons. The van der Waals surface area contributed by atoms with E-state index >= 15 is 0 Å². The number of carbonyl (C=O) groups is 3. The van der Waals surface area contributed by atoms with Gasteiger partial charge in [-0.1, -0.05) is 78.3 Å².